The van der Waals surface area contributed by atoms with Gasteiger partial charge in [0.15, 0.2) is 0 Å². The minimum absolute atomic E-state index is 0.00967. The largest absolute Gasteiger partial charge is 0.491 e. The molecule has 0 spiro atoms. The number of rotatable bonds is 6. The molecule has 152 valence electrons. The lowest BCUT2D eigenvalue weighted by Gasteiger charge is -2.38. The van der Waals surface area contributed by atoms with Crippen LogP contribution in [0, 0.1) is 0 Å². The van der Waals surface area contributed by atoms with Crippen molar-refractivity contribution in [1.29, 1.82) is 0 Å². The summed E-state index contributed by atoms with van der Waals surface area (Å²) in [7, 11) is -1.66. The van der Waals surface area contributed by atoms with Crippen LogP contribution in [0.3, 0.4) is 0 Å². The molecule has 1 aliphatic rings. The number of ether oxygens (including phenoxy) is 2. The highest BCUT2D eigenvalue weighted by Crippen LogP contribution is 2.32. The Morgan fingerprint density at radius 3 is 2.19 bits per heavy atom. The molecular weight excluding hydrogens is 364 g/mol. The molecule has 2 N–H and O–H groups in total. The van der Waals surface area contributed by atoms with Crippen molar-refractivity contribution in [2.24, 2.45) is 0 Å². The molecule has 0 unspecified atom stereocenters. The molecule has 0 aliphatic carbocycles. The van der Waals surface area contributed by atoms with Crippen molar-refractivity contribution in [2.75, 3.05) is 13.2 Å². The van der Waals surface area contributed by atoms with Crippen LogP contribution >= 0.6 is 0 Å². The Kier molecular flexibility index (Phi) is 6.51. The zero-order valence-electron chi connectivity index (χ0n) is 16.0. The van der Waals surface area contributed by atoms with Gasteiger partial charge in [-0.15, -0.1) is 0 Å². The van der Waals surface area contributed by atoms with Crippen molar-refractivity contribution >= 4 is 12.6 Å². The van der Waals surface area contributed by atoms with Crippen molar-refractivity contribution in [1.82, 2.24) is 0 Å². The van der Waals surface area contributed by atoms with E-state index in [1.807, 2.05) is 0 Å². The van der Waals surface area contributed by atoms with Gasteiger partial charge in [-0.05, 0) is 51.4 Å². The van der Waals surface area contributed by atoms with E-state index in [1.54, 1.807) is 13.8 Å². The molecule has 0 radical (unpaired) electrons. The summed E-state index contributed by atoms with van der Waals surface area (Å²) in [6.45, 7) is 7.05. The minimum atomic E-state index is -4.60. The second-order valence-electron chi connectivity index (χ2n) is 7.76. The molecule has 5 nitrogen and oxygen atoms in total. The third kappa shape index (κ3) is 5.84. The average molecular weight is 390 g/mol. The summed E-state index contributed by atoms with van der Waals surface area (Å²) in [6, 6.07) is 3.06. The van der Waals surface area contributed by atoms with E-state index in [2.05, 4.69) is 0 Å². The summed E-state index contributed by atoms with van der Waals surface area (Å²) in [6.07, 6.45) is -3.69. The van der Waals surface area contributed by atoms with Crippen LogP contribution in [0.4, 0.5) is 13.2 Å². The van der Waals surface area contributed by atoms with Crippen LogP contribution in [0.15, 0.2) is 18.2 Å². The summed E-state index contributed by atoms with van der Waals surface area (Å²) < 4.78 is 56.2. The van der Waals surface area contributed by atoms with Crippen LogP contribution in [0.5, 0.6) is 5.75 Å². The van der Waals surface area contributed by atoms with E-state index in [4.69, 9.17) is 14.1 Å². The fraction of sp³-hybridized carbons (Fsp3) is 0.667. The highest BCUT2D eigenvalue weighted by molar-refractivity contribution is 6.60. The number of hydrogen-bond acceptors (Lipinski definition) is 5. The monoisotopic (exact) mass is 390 g/mol. The van der Waals surface area contributed by atoms with Crippen LogP contribution in [-0.2, 0) is 15.6 Å². The fourth-order valence-corrected chi connectivity index (χ4v) is 2.47. The molecule has 0 bridgehead atoms. The molecule has 1 aromatic carbocycles. The molecule has 2 rings (SSSR count). The molecule has 27 heavy (non-hydrogen) atoms. The van der Waals surface area contributed by atoms with Crippen LogP contribution in [-0.4, -0.2) is 47.8 Å². The molecule has 0 saturated carbocycles. The van der Waals surface area contributed by atoms with E-state index >= 15 is 0 Å². The van der Waals surface area contributed by atoms with Crippen molar-refractivity contribution in [2.45, 2.75) is 64.0 Å². The summed E-state index contributed by atoms with van der Waals surface area (Å²) in [5, 5.41) is 20.5. The molecule has 1 saturated heterocycles. The van der Waals surface area contributed by atoms with E-state index < -0.39 is 30.1 Å². The lowest BCUT2D eigenvalue weighted by Crippen LogP contribution is -2.53. The normalized spacial score (nSPS) is 17.1. The van der Waals surface area contributed by atoms with Gasteiger partial charge < -0.3 is 24.3 Å². The predicted molar refractivity (Wildman–Crippen MR) is 95.0 cm³/mol. The lowest BCUT2D eigenvalue weighted by molar-refractivity contribution is -0.137. The van der Waals surface area contributed by atoms with Gasteiger partial charge in [0, 0.05) is 12.8 Å². The standard InChI is InChI=1S/C18H26BF3O5/c1-16(2,23)17(3,4)27-19(24)13-9-12(18(20,21)22)10-15(11-13)26-14-5-7-25-8-6-14/h9-11,14,23-24H,5-8H2,1-4H3. The van der Waals surface area contributed by atoms with Crippen LogP contribution in [0.1, 0.15) is 46.1 Å². The van der Waals surface area contributed by atoms with Gasteiger partial charge in [-0.1, -0.05) is 0 Å². The van der Waals surface area contributed by atoms with E-state index in [1.165, 1.54) is 19.9 Å². The third-order valence-corrected chi connectivity index (χ3v) is 4.89. The van der Waals surface area contributed by atoms with Crippen molar-refractivity contribution in [3.05, 3.63) is 23.8 Å². The maximum absolute atomic E-state index is 13.3. The Bertz CT molecular complexity index is 637. The van der Waals surface area contributed by atoms with Gasteiger partial charge in [-0.25, -0.2) is 0 Å². The van der Waals surface area contributed by atoms with E-state index in [9.17, 15) is 23.3 Å². The van der Waals surface area contributed by atoms with Gasteiger partial charge in [-0.3, -0.25) is 0 Å². The number of aliphatic hydroxyl groups is 1. The second-order valence-corrected chi connectivity index (χ2v) is 7.76. The zero-order chi connectivity index (χ0) is 20.5. The van der Waals surface area contributed by atoms with Gasteiger partial charge in [0.25, 0.3) is 0 Å². The molecule has 1 fully saturated rings. The highest BCUT2D eigenvalue weighted by atomic mass is 19.4. The summed E-state index contributed by atoms with van der Waals surface area (Å²) in [5.41, 5.74) is -3.56. The Morgan fingerprint density at radius 2 is 1.67 bits per heavy atom. The van der Waals surface area contributed by atoms with Crippen LogP contribution < -0.4 is 10.2 Å². The van der Waals surface area contributed by atoms with Crippen LogP contribution in [0.2, 0.25) is 0 Å². The SMILES string of the molecule is CC(C)(O)C(C)(C)OB(O)c1cc(OC2CCOCC2)cc(C(F)(F)F)c1. The number of alkyl halides is 3. The summed E-state index contributed by atoms with van der Waals surface area (Å²) in [4.78, 5) is 0. The molecule has 1 aliphatic heterocycles. The maximum atomic E-state index is 13.3. The van der Waals surface area contributed by atoms with Gasteiger partial charge in [-0.2, -0.15) is 13.2 Å². The Morgan fingerprint density at radius 1 is 1.07 bits per heavy atom. The van der Waals surface area contributed by atoms with Gasteiger partial charge in [0.2, 0.25) is 0 Å². The first kappa shape index (κ1) is 22.0. The number of benzene rings is 1. The van der Waals surface area contributed by atoms with Crippen LogP contribution in [0.25, 0.3) is 0 Å². The molecule has 9 heteroatoms. The first-order valence-electron chi connectivity index (χ1n) is 8.84. The quantitative estimate of drug-likeness (QED) is 0.731. The van der Waals surface area contributed by atoms with E-state index in [0.29, 0.717) is 26.1 Å². The lowest BCUT2D eigenvalue weighted by atomic mass is 9.76. The molecular formula is C18H26BF3O5. The highest BCUT2D eigenvalue weighted by Gasteiger charge is 2.40. The van der Waals surface area contributed by atoms with Gasteiger partial charge in [0.1, 0.15) is 11.9 Å². The molecule has 0 aromatic heterocycles. The summed E-state index contributed by atoms with van der Waals surface area (Å²) in [5.74, 6) is 0.00967. The van der Waals surface area contributed by atoms with Crippen molar-refractivity contribution in [3.63, 3.8) is 0 Å². The maximum Gasteiger partial charge on any atom is 0.491 e. The first-order valence-corrected chi connectivity index (χ1v) is 8.84. The molecule has 1 aromatic rings. The first-order chi connectivity index (χ1) is 12.3. The van der Waals surface area contributed by atoms with E-state index in [0.717, 1.165) is 12.1 Å². The number of hydrogen-bond donors (Lipinski definition) is 2. The third-order valence-electron chi connectivity index (χ3n) is 4.89. The zero-order valence-corrected chi connectivity index (χ0v) is 16.0. The van der Waals surface area contributed by atoms with Gasteiger partial charge >= 0.3 is 13.3 Å². The molecule has 0 amide bonds. The number of halogens is 3. The van der Waals surface area contributed by atoms with E-state index in [-0.39, 0.29) is 17.3 Å². The Hall–Kier alpha value is -1.29. The molecule has 0 atom stereocenters. The topological polar surface area (TPSA) is 68.2 Å². The van der Waals surface area contributed by atoms with Crippen molar-refractivity contribution in [3.8, 4) is 5.75 Å². The average Bonchev–Trinajstić information content (AvgIpc) is 2.53. The smallest absolute Gasteiger partial charge is 0.490 e. The fourth-order valence-electron chi connectivity index (χ4n) is 2.47. The second kappa shape index (κ2) is 7.99. The minimum Gasteiger partial charge on any atom is -0.490 e. The van der Waals surface area contributed by atoms with Crippen molar-refractivity contribution < 1.29 is 37.4 Å². The predicted octanol–water partition coefficient (Wildman–Crippen LogP) is 2.52. The molecule has 1 heterocycles. The Balaban J connectivity index is 2.29. The summed E-state index contributed by atoms with van der Waals surface area (Å²) >= 11 is 0. The Labute approximate surface area is 157 Å². The van der Waals surface area contributed by atoms with Gasteiger partial charge in [0.05, 0.1) is 30.0 Å².